The van der Waals surface area contributed by atoms with Crippen molar-refractivity contribution in [2.45, 2.75) is 25.7 Å². The lowest BCUT2D eigenvalue weighted by Gasteiger charge is -2.14. The monoisotopic (exact) mass is 229 g/mol. The molecular weight excluding hydrogens is 214 g/mol. The molecular formula is C9H15N3O4. The molecule has 90 valence electrons. The summed E-state index contributed by atoms with van der Waals surface area (Å²) in [5.74, 6) is -0.826. The highest BCUT2D eigenvalue weighted by molar-refractivity contribution is 6.02. The highest BCUT2D eigenvalue weighted by atomic mass is 16.6. The van der Waals surface area contributed by atoms with Gasteiger partial charge >= 0.3 is 6.09 Å². The highest BCUT2D eigenvalue weighted by Crippen LogP contribution is 2.08. The molecule has 0 aromatic heterocycles. The maximum absolute atomic E-state index is 11.1. The van der Waals surface area contributed by atoms with Crippen LogP contribution >= 0.6 is 0 Å². The molecule has 0 bridgehead atoms. The maximum Gasteiger partial charge on any atom is 0.426 e. The van der Waals surface area contributed by atoms with E-state index in [2.05, 4.69) is 5.43 Å². The van der Waals surface area contributed by atoms with Crippen LogP contribution in [0.15, 0.2) is 0 Å². The number of hydrogen-bond donors (Lipinski definition) is 2. The first-order valence-electron chi connectivity index (χ1n) is 5.14. The number of ether oxygens (including phenoxy) is 1. The zero-order valence-electron chi connectivity index (χ0n) is 8.90. The summed E-state index contributed by atoms with van der Waals surface area (Å²) in [5.41, 5.74) is 7.36. The van der Waals surface area contributed by atoms with Gasteiger partial charge in [-0.3, -0.25) is 9.59 Å². The number of nitrogens with two attached hydrogens (primary N) is 1. The average Bonchev–Trinajstić information content (AvgIpc) is 2.56. The summed E-state index contributed by atoms with van der Waals surface area (Å²) < 4.78 is 4.75. The minimum absolute atomic E-state index is 0.131. The van der Waals surface area contributed by atoms with E-state index in [-0.39, 0.29) is 19.4 Å². The predicted molar refractivity (Wildman–Crippen MR) is 53.9 cm³/mol. The van der Waals surface area contributed by atoms with Crippen LogP contribution in [0.5, 0.6) is 0 Å². The number of hydrazine groups is 1. The second-order valence-corrected chi connectivity index (χ2v) is 3.37. The van der Waals surface area contributed by atoms with E-state index in [0.29, 0.717) is 18.0 Å². The van der Waals surface area contributed by atoms with Crippen molar-refractivity contribution in [3.63, 3.8) is 0 Å². The van der Waals surface area contributed by atoms with Gasteiger partial charge in [-0.25, -0.2) is 10.2 Å². The molecule has 1 aliphatic heterocycles. The van der Waals surface area contributed by atoms with E-state index in [0.717, 1.165) is 6.42 Å². The molecule has 16 heavy (non-hydrogen) atoms. The number of nitrogens with zero attached hydrogens (tertiary/aromatic N) is 1. The third-order valence-electron chi connectivity index (χ3n) is 2.09. The Kier molecular flexibility index (Phi) is 4.71. The molecule has 1 fully saturated rings. The van der Waals surface area contributed by atoms with Crippen molar-refractivity contribution >= 4 is 17.9 Å². The summed E-state index contributed by atoms with van der Waals surface area (Å²) in [6.45, 7) is 0.757. The van der Waals surface area contributed by atoms with Gasteiger partial charge < -0.3 is 10.5 Å². The number of hydrogen-bond acceptors (Lipinski definition) is 5. The van der Waals surface area contributed by atoms with Crippen LogP contribution in [0.2, 0.25) is 0 Å². The number of imide groups is 1. The van der Waals surface area contributed by atoms with Crippen molar-refractivity contribution < 1.29 is 19.1 Å². The Morgan fingerprint density at radius 1 is 1.31 bits per heavy atom. The largest absolute Gasteiger partial charge is 0.448 e. The quantitative estimate of drug-likeness (QED) is 0.489. The second-order valence-electron chi connectivity index (χ2n) is 3.37. The van der Waals surface area contributed by atoms with Crippen molar-refractivity contribution in [1.82, 2.24) is 10.4 Å². The van der Waals surface area contributed by atoms with E-state index >= 15 is 0 Å². The standard InChI is InChI=1S/C9H15N3O4/c10-5-1-2-6-16-9(15)11-12-7(13)3-4-8(12)14/h1-6,10H2,(H,11,15). The highest BCUT2D eigenvalue weighted by Gasteiger charge is 2.30. The van der Waals surface area contributed by atoms with E-state index in [4.69, 9.17) is 10.5 Å². The number of amides is 3. The molecule has 0 unspecified atom stereocenters. The molecule has 3 N–H and O–H groups in total. The molecule has 0 atom stereocenters. The van der Waals surface area contributed by atoms with Crippen LogP contribution in [-0.4, -0.2) is 36.1 Å². The fraction of sp³-hybridized carbons (Fsp3) is 0.667. The van der Waals surface area contributed by atoms with E-state index in [1.54, 1.807) is 0 Å². The van der Waals surface area contributed by atoms with Gasteiger partial charge in [0.15, 0.2) is 0 Å². The van der Waals surface area contributed by atoms with Gasteiger partial charge in [-0.05, 0) is 19.4 Å². The van der Waals surface area contributed by atoms with Gasteiger partial charge in [0.25, 0.3) is 0 Å². The Labute approximate surface area is 92.9 Å². The molecule has 0 radical (unpaired) electrons. The first-order valence-corrected chi connectivity index (χ1v) is 5.14. The van der Waals surface area contributed by atoms with Crippen LogP contribution in [0.25, 0.3) is 0 Å². The van der Waals surface area contributed by atoms with Crippen molar-refractivity contribution in [2.75, 3.05) is 13.2 Å². The Balaban J connectivity index is 2.23. The van der Waals surface area contributed by atoms with Gasteiger partial charge in [0.05, 0.1) is 6.61 Å². The van der Waals surface area contributed by atoms with E-state index in [1.165, 1.54) is 0 Å². The Morgan fingerprint density at radius 3 is 2.50 bits per heavy atom. The number of carbonyl (C=O) groups excluding carboxylic acids is 3. The second kappa shape index (κ2) is 6.06. The van der Waals surface area contributed by atoms with Crippen LogP contribution in [-0.2, 0) is 14.3 Å². The molecule has 1 aliphatic rings. The van der Waals surface area contributed by atoms with Crippen molar-refractivity contribution in [3.05, 3.63) is 0 Å². The molecule has 0 aliphatic carbocycles. The minimum atomic E-state index is -0.791. The maximum atomic E-state index is 11.1. The van der Waals surface area contributed by atoms with Crippen LogP contribution < -0.4 is 11.2 Å². The Hall–Kier alpha value is -1.63. The molecule has 1 saturated heterocycles. The van der Waals surface area contributed by atoms with Gasteiger partial charge in [0.2, 0.25) is 11.8 Å². The molecule has 1 heterocycles. The van der Waals surface area contributed by atoms with Gasteiger partial charge in [0, 0.05) is 12.8 Å². The lowest BCUT2D eigenvalue weighted by Crippen LogP contribution is -2.45. The van der Waals surface area contributed by atoms with Gasteiger partial charge in [-0.1, -0.05) is 0 Å². The van der Waals surface area contributed by atoms with Crippen LogP contribution in [0.1, 0.15) is 25.7 Å². The number of rotatable bonds is 5. The molecule has 0 saturated carbocycles. The lowest BCUT2D eigenvalue weighted by atomic mass is 10.3. The summed E-state index contributed by atoms with van der Waals surface area (Å²) in [7, 11) is 0. The SMILES string of the molecule is NCCCCOC(=O)NN1C(=O)CCC1=O. The van der Waals surface area contributed by atoms with Gasteiger partial charge in [-0.15, -0.1) is 0 Å². The molecule has 0 aromatic rings. The Bertz CT molecular complexity index is 276. The lowest BCUT2D eigenvalue weighted by molar-refractivity contribution is -0.141. The molecule has 1 rings (SSSR count). The fourth-order valence-corrected chi connectivity index (χ4v) is 1.24. The first-order chi connectivity index (χ1) is 7.65. The van der Waals surface area contributed by atoms with Crippen molar-refractivity contribution in [2.24, 2.45) is 5.73 Å². The summed E-state index contributed by atoms with van der Waals surface area (Å²) >= 11 is 0. The summed E-state index contributed by atoms with van der Waals surface area (Å²) in [6.07, 6.45) is 0.889. The zero-order valence-corrected chi connectivity index (χ0v) is 8.90. The topological polar surface area (TPSA) is 102 Å². The smallest absolute Gasteiger partial charge is 0.426 e. The van der Waals surface area contributed by atoms with Crippen LogP contribution in [0.3, 0.4) is 0 Å². The summed E-state index contributed by atoms with van der Waals surface area (Å²) in [4.78, 5) is 33.4. The number of nitrogens with one attached hydrogen (secondary N) is 1. The van der Waals surface area contributed by atoms with Gasteiger partial charge in [0.1, 0.15) is 0 Å². The summed E-state index contributed by atoms with van der Waals surface area (Å²) in [5, 5.41) is 0.700. The average molecular weight is 229 g/mol. The fourth-order valence-electron chi connectivity index (χ4n) is 1.24. The van der Waals surface area contributed by atoms with Crippen molar-refractivity contribution in [1.29, 1.82) is 0 Å². The molecule has 3 amide bonds. The number of carbonyl (C=O) groups is 3. The summed E-state index contributed by atoms with van der Waals surface area (Å²) in [6, 6.07) is 0. The number of unbranched alkanes of at least 4 members (excludes halogenated alkanes) is 1. The Morgan fingerprint density at radius 2 is 1.94 bits per heavy atom. The molecule has 0 spiro atoms. The van der Waals surface area contributed by atoms with Crippen LogP contribution in [0.4, 0.5) is 4.79 Å². The van der Waals surface area contributed by atoms with E-state index < -0.39 is 17.9 Å². The normalized spacial score (nSPS) is 15.4. The molecule has 7 nitrogen and oxygen atoms in total. The van der Waals surface area contributed by atoms with Crippen LogP contribution in [0, 0.1) is 0 Å². The van der Waals surface area contributed by atoms with Crippen molar-refractivity contribution in [3.8, 4) is 0 Å². The zero-order chi connectivity index (χ0) is 12.0. The third-order valence-corrected chi connectivity index (χ3v) is 2.09. The minimum Gasteiger partial charge on any atom is -0.448 e. The predicted octanol–water partition coefficient (Wildman–Crippen LogP) is -0.485. The molecule has 7 heteroatoms. The first kappa shape index (κ1) is 12.4. The third kappa shape index (κ3) is 3.50. The van der Waals surface area contributed by atoms with E-state index in [1.807, 2.05) is 0 Å². The van der Waals surface area contributed by atoms with E-state index in [9.17, 15) is 14.4 Å². The van der Waals surface area contributed by atoms with Gasteiger partial charge in [-0.2, -0.15) is 5.01 Å². The molecule has 0 aromatic carbocycles.